The smallest absolute Gasteiger partial charge is 0.101 e. The van der Waals surface area contributed by atoms with Crippen molar-refractivity contribution >= 4 is 17.0 Å². The molecule has 21 heavy (non-hydrogen) atoms. The maximum atomic E-state index is 9.39. The van der Waals surface area contributed by atoms with Gasteiger partial charge in [0.05, 0.1) is 17.8 Å². The molecule has 1 heterocycles. The van der Waals surface area contributed by atoms with Crippen LogP contribution in [0.5, 0.6) is 0 Å². The molecular weight excluding hydrogens is 278 g/mol. The summed E-state index contributed by atoms with van der Waals surface area (Å²) in [6.45, 7) is 4.80. The van der Waals surface area contributed by atoms with E-state index in [4.69, 9.17) is 0 Å². The SMILES string of the molecule is CCCNCc1ccc(N(C)Cc2cccs2)c(C#N)c1. The lowest BCUT2D eigenvalue weighted by molar-refractivity contribution is 0.675. The zero-order valence-electron chi connectivity index (χ0n) is 12.6. The van der Waals surface area contributed by atoms with Gasteiger partial charge in [-0.3, -0.25) is 0 Å². The number of hydrogen-bond donors (Lipinski definition) is 1. The molecule has 0 bridgehead atoms. The van der Waals surface area contributed by atoms with E-state index in [2.05, 4.69) is 52.9 Å². The minimum atomic E-state index is 0.741. The quantitative estimate of drug-likeness (QED) is 0.791. The van der Waals surface area contributed by atoms with Crippen LogP contribution in [0.3, 0.4) is 0 Å². The number of benzene rings is 1. The van der Waals surface area contributed by atoms with E-state index < -0.39 is 0 Å². The van der Waals surface area contributed by atoms with E-state index in [9.17, 15) is 5.26 Å². The lowest BCUT2D eigenvalue weighted by Gasteiger charge is -2.20. The van der Waals surface area contributed by atoms with Crippen molar-refractivity contribution in [2.75, 3.05) is 18.5 Å². The average molecular weight is 299 g/mol. The van der Waals surface area contributed by atoms with E-state index in [0.717, 1.165) is 42.9 Å². The van der Waals surface area contributed by atoms with E-state index in [1.54, 1.807) is 11.3 Å². The third kappa shape index (κ3) is 4.32. The standard InChI is InChI=1S/C17H21N3S/c1-3-8-19-12-14-6-7-17(15(10-14)11-18)20(2)13-16-5-4-9-21-16/h4-7,9-10,19H,3,8,12-13H2,1-2H3. The first-order chi connectivity index (χ1) is 10.2. The fraction of sp³-hybridized carbons (Fsp3) is 0.353. The molecule has 3 nitrogen and oxygen atoms in total. The average Bonchev–Trinajstić information content (AvgIpc) is 3.00. The molecule has 0 unspecified atom stereocenters. The minimum absolute atomic E-state index is 0.741. The van der Waals surface area contributed by atoms with Gasteiger partial charge in [-0.1, -0.05) is 19.1 Å². The highest BCUT2D eigenvalue weighted by Crippen LogP contribution is 2.23. The Hall–Kier alpha value is -1.83. The third-order valence-corrected chi connectivity index (χ3v) is 4.18. The zero-order chi connectivity index (χ0) is 15.1. The van der Waals surface area contributed by atoms with E-state index in [1.807, 2.05) is 13.1 Å². The number of thiophene rings is 1. The highest BCUT2D eigenvalue weighted by atomic mass is 32.1. The highest BCUT2D eigenvalue weighted by Gasteiger charge is 2.09. The van der Waals surface area contributed by atoms with Gasteiger partial charge in [-0.2, -0.15) is 5.26 Å². The molecule has 1 N–H and O–H groups in total. The van der Waals surface area contributed by atoms with Crippen molar-refractivity contribution in [1.82, 2.24) is 5.32 Å². The maximum absolute atomic E-state index is 9.39. The molecule has 1 aromatic carbocycles. The largest absolute Gasteiger partial charge is 0.368 e. The van der Waals surface area contributed by atoms with Gasteiger partial charge in [-0.05, 0) is 42.1 Å². The summed E-state index contributed by atoms with van der Waals surface area (Å²) >= 11 is 1.74. The summed E-state index contributed by atoms with van der Waals surface area (Å²) in [5.74, 6) is 0. The van der Waals surface area contributed by atoms with E-state index in [0.29, 0.717) is 0 Å². The molecule has 4 heteroatoms. The van der Waals surface area contributed by atoms with Crippen molar-refractivity contribution in [2.24, 2.45) is 0 Å². The van der Waals surface area contributed by atoms with Gasteiger partial charge >= 0.3 is 0 Å². The predicted molar refractivity (Wildman–Crippen MR) is 89.6 cm³/mol. The van der Waals surface area contributed by atoms with Gasteiger partial charge in [0.15, 0.2) is 0 Å². The Morgan fingerprint density at radius 1 is 1.33 bits per heavy atom. The maximum Gasteiger partial charge on any atom is 0.101 e. The van der Waals surface area contributed by atoms with Gasteiger partial charge in [0.1, 0.15) is 6.07 Å². The van der Waals surface area contributed by atoms with E-state index in [-0.39, 0.29) is 0 Å². The molecule has 1 aromatic heterocycles. The van der Waals surface area contributed by atoms with Crippen LogP contribution in [-0.2, 0) is 13.1 Å². The van der Waals surface area contributed by atoms with Crippen LogP contribution in [0.15, 0.2) is 35.7 Å². The van der Waals surface area contributed by atoms with Crippen molar-refractivity contribution in [3.05, 3.63) is 51.7 Å². The first kappa shape index (κ1) is 15.6. The summed E-state index contributed by atoms with van der Waals surface area (Å²) in [6.07, 6.45) is 1.12. The molecule has 0 aliphatic heterocycles. The fourth-order valence-electron chi connectivity index (χ4n) is 2.25. The zero-order valence-corrected chi connectivity index (χ0v) is 13.4. The molecule has 110 valence electrons. The number of nitriles is 1. The summed E-state index contributed by atoms with van der Waals surface area (Å²) in [5, 5.41) is 14.8. The van der Waals surface area contributed by atoms with Crippen molar-refractivity contribution in [3.8, 4) is 6.07 Å². The number of anilines is 1. The second-order valence-corrected chi connectivity index (χ2v) is 6.11. The van der Waals surface area contributed by atoms with E-state index in [1.165, 1.54) is 4.88 Å². The molecule has 0 saturated carbocycles. The Morgan fingerprint density at radius 3 is 2.86 bits per heavy atom. The molecule has 2 aromatic rings. The lowest BCUT2D eigenvalue weighted by Crippen LogP contribution is -2.18. The third-order valence-electron chi connectivity index (χ3n) is 3.32. The predicted octanol–water partition coefficient (Wildman–Crippen LogP) is 3.76. The lowest BCUT2D eigenvalue weighted by atomic mass is 10.1. The Bertz CT molecular complexity index is 599. The monoisotopic (exact) mass is 299 g/mol. The Balaban J connectivity index is 2.10. The van der Waals surface area contributed by atoms with Crippen molar-refractivity contribution in [2.45, 2.75) is 26.4 Å². The van der Waals surface area contributed by atoms with Crippen molar-refractivity contribution < 1.29 is 0 Å². The molecule has 0 aliphatic rings. The molecule has 0 atom stereocenters. The van der Waals surface area contributed by atoms with Crippen LogP contribution >= 0.6 is 11.3 Å². The van der Waals surface area contributed by atoms with Crippen molar-refractivity contribution in [1.29, 1.82) is 5.26 Å². The van der Waals surface area contributed by atoms with Gasteiger partial charge in [0.2, 0.25) is 0 Å². The van der Waals surface area contributed by atoms with Crippen LogP contribution in [0.25, 0.3) is 0 Å². The molecule has 0 fully saturated rings. The van der Waals surface area contributed by atoms with Crippen LogP contribution < -0.4 is 10.2 Å². The van der Waals surface area contributed by atoms with Gasteiger partial charge in [-0.15, -0.1) is 11.3 Å². The van der Waals surface area contributed by atoms with Crippen LogP contribution in [0.4, 0.5) is 5.69 Å². The van der Waals surface area contributed by atoms with Gasteiger partial charge in [-0.25, -0.2) is 0 Å². The van der Waals surface area contributed by atoms with Crippen molar-refractivity contribution in [3.63, 3.8) is 0 Å². The number of rotatable bonds is 7. The Labute approximate surface area is 130 Å². The molecule has 0 radical (unpaired) electrons. The van der Waals surface area contributed by atoms with Crippen LogP contribution in [0.1, 0.15) is 29.3 Å². The molecule has 0 spiro atoms. The van der Waals surface area contributed by atoms with Crippen LogP contribution in [-0.4, -0.2) is 13.6 Å². The molecule has 0 amide bonds. The highest BCUT2D eigenvalue weighted by molar-refractivity contribution is 7.09. The summed E-state index contributed by atoms with van der Waals surface area (Å²) in [5.41, 5.74) is 2.89. The summed E-state index contributed by atoms with van der Waals surface area (Å²) in [7, 11) is 2.03. The second kappa shape index (κ2) is 7.82. The first-order valence-electron chi connectivity index (χ1n) is 7.22. The van der Waals surface area contributed by atoms with Gasteiger partial charge in [0, 0.05) is 18.5 Å². The minimum Gasteiger partial charge on any atom is -0.368 e. The number of hydrogen-bond acceptors (Lipinski definition) is 4. The number of nitrogens with zero attached hydrogens (tertiary/aromatic N) is 2. The summed E-state index contributed by atoms with van der Waals surface area (Å²) < 4.78 is 0. The second-order valence-electron chi connectivity index (χ2n) is 5.08. The molecule has 0 aliphatic carbocycles. The summed E-state index contributed by atoms with van der Waals surface area (Å²) in [4.78, 5) is 3.43. The normalized spacial score (nSPS) is 10.3. The Morgan fingerprint density at radius 2 is 2.19 bits per heavy atom. The topological polar surface area (TPSA) is 39.1 Å². The number of nitrogens with one attached hydrogen (secondary N) is 1. The van der Waals surface area contributed by atoms with E-state index >= 15 is 0 Å². The fourth-order valence-corrected chi connectivity index (χ4v) is 3.00. The van der Waals surface area contributed by atoms with Crippen LogP contribution in [0, 0.1) is 11.3 Å². The molecular formula is C17H21N3S. The molecule has 0 saturated heterocycles. The molecule has 2 rings (SSSR count). The van der Waals surface area contributed by atoms with Crippen LogP contribution in [0.2, 0.25) is 0 Å². The summed E-state index contributed by atoms with van der Waals surface area (Å²) in [6, 6.07) is 12.6. The van der Waals surface area contributed by atoms with Gasteiger partial charge in [0.25, 0.3) is 0 Å². The first-order valence-corrected chi connectivity index (χ1v) is 8.09. The Kier molecular flexibility index (Phi) is 5.79. The van der Waals surface area contributed by atoms with Gasteiger partial charge < -0.3 is 10.2 Å².